The second-order valence-corrected chi connectivity index (χ2v) is 5.69. The molecule has 0 radical (unpaired) electrons. The molecule has 0 saturated carbocycles. The molecule has 0 heterocycles. The minimum Gasteiger partial charge on any atom is -0.465 e. The van der Waals surface area contributed by atoms with Crippen LogP contribution in [0, 0.1) is 0 Å². The summed E-state index contributed by atoms with van der Waals surface area (Å²) in [7, 11) is -1.12. The van der Waals surface area contributed by atoms with Crippen molar-refractivity contribution in [3.05, 3.63) is 10.9 Å². The van der Waals surface area contributed by atoms with Crippen LogP contribution in [-0.2, 0) is 23.1 Å². The maximum atomic E-state index is 12.3. The van der Waals surface area contributed by atoms with E-state index in [1.54, 1.807) is 27.7 Å². The first-order chi connectivity index (χ1) is 7.28. The number of carbonyl (C=O) groups excluding carboxylic acids is 1. The molecular weight excluding hydrogens is 231 g/mol. The molecule has 0 aliphatic rings. The molecule has 0 aliphatic carbocycles. The van der Waals surface area contributed by atoms with Gasteiger partial charge in [-0.05, 0) is 27.7 Å². The second kappa shape index (κ2) is 6.18. The fourth-order valence-electron chi connectivity index (χ4n) is 1.15. The van der Waals surface area contributed by atoms with Crippen LogP contribution in [0.25, 0.3) is 0 Å². The monoisotopic (exact) mass is 250 g/mol. The molecule has 6 heteroatoms. The standard InChI is InChI=1S/C10H19O5P/c1-7(2)9(10(11)13-5)16(12,14-6)15-8(3)4/h8H,1-6H3. The predicted molar refractivity (Wildman–Crippen MR) is 61.2 cm³/mol. The summed E-state index contributed by atoms with van der Waals surface area (Å²) in [6.45, 7) is 6.74. The molecule has 0 fully saturated rings. The number of rotatable bonds is 5. The average Bonchev–Trinajstić information content (AvgIpc) is 2.15. The van der Waals surface area contributed by atoms with E-state index in [9.17, 15) is 9.36 Å². The SMILES string of the molecule is COC(=O)C(=C(C)C)P(=O)(OC)OC(C)C. The van der Waals surface area contributed by atoms with Gasteiger partial charge < -0.3 is 13.8 Å². The quantitative estimate of drug-likeness (QED) is 0.426. The normalized spacial score (nSPS) is 14.4. The maximum Gasteiger partial charge on any atom is 0.368 e. The van der Waals surface area contributed by atoms with Crippen molar-refractivity contribution in [2.75, 3.05) is 14.2 Å². The lowest BCUT2D eigenvalue weighted by atomic mass is 10.3. The van der Waals surface area contributed by atoms with Crippen molar-refractivity contribution in [2.24, 2.45) is 0 Å². The molecule has 1 unspecified atom stereocenters. The van der Waals surface area contributed by atoms with E-state index in [0.717, 1.165) is 0 Å². The zero-order valence-electron chi connectivity index (χ0n) is 10.6. The van der Waals surface area contributed by atoms with E-state index in [4.69, 9.17) is 9.05 Å². The Balaban J connectivity index is 5.42. The summed E-state index contributed by atoms with van der Waals surface area (Å²) < 4.78 is 27.0. The first kappa shape index (κ1) is 15.4. The van der Waals surface area contributed by atoms with Crippen LogP contribution >= 0.6 is 7.60 Å². The van der Waals surface area contributed by atoms with Gasteiger partial charge in [-0.3, -0.25) is 4.57 Å². The Hall–Kier alpha value is -0.640. The fraction of sp³-hybridized carbons (Fsp3) is 0.700. The summed E-state index contributed by atoms with van der Waals surface area (Å²) in [5, 5.41) is -0.0359. The minimum absolute atomic E-state index is 0.0359. The number of esters is 1. The second-order valence-electron chi connectivity index (χ2n) is 3.67. The highest BCUT2D eigenvalue weighted by Gasteiger charge is 2.37. The van der Waals surface area contributed by atoms with E-state index in [2.05, 4.69) is 4.74 Å². The summed E-state index contributed by atoms with van der Waals surface area (Å²) in [4.78, 5) is 11.5. The van der Waals surface area contributed by atoms with Crippen LogP contribution in [0.5, 0.6) is 0 Å². The van der Waals surface area contributed by atoms with E-state index in [1.165, 1.54) is 14.2 Å². The molecule has 5 nitrogen and oxygen atoms in total. The Kier molecular flexibility index (Phi) is 5.94. The van der Waals surface area contributed by atoms with Gasteiger partial charge in [-0.15, -0.1) is 0 Å². The highest BCUT2D eigenvalue weighted by molar-refractivity contribution is 7.60. The number of hydrogen-bond acceptors (Lipinski definition) is 5. The molecule has 0 aromatic carbocycles. The number of allylic oxidation sites excluding steroid dienone is 1. The molecule has 94 valence electrons. The highest BCUT2D eigenvalue weighted by atomic mass is 31.2. The molecular formula is C10H19O5P. The lowest BCUT2D eigenvalue weighted by Crippen LogP contribution is -2.12. The molecule has 0 N–H and O–H groups in total. The van der Waals surface area contributed by atoms with Gasteiger partial charge in [0, 0.05) is 7.11 Å². The van der Waals surface area contributed by atoms with Crippen LogP contribution in [0.3, 0.4) is 0 Å². The molecule has 0 aromatic heterocycles. The van der Waals surface area contributed by atoms with E-state index < -0.39 is 13.6 Å². The van der Waals surface area contributed by atoms with E-state index in [1.807, 2.05) is 0 Å². The van der Waals surface area contributed by atoms with Gasteiger partial charge in [-0.2, -0.15) is 0 Å². The number of hydrogen-bond donors (Lipinski definition) is 0. The van der Waals surface area contributed by atoms with Crippen LogP contribution in [-0.4, -0.2) is 26.3 Å². The van der Waals surface area contributed by atoms with Gasteiger partial charge in [0.25, 0.3) is 0 Å². The van der Waals surface area contributed by atoms with Crippen molar-refractivity contribution in [3.8, 4) is 0 Å². The predicted octanol–water partition coefficient (Wildman–Crippen LogP) is 2.72. The minimum atomic E-state index is -3.59. The Bertz CT molecular complexity index is 328. The molecule has 16 heavy (non-hydrogen) atoms. The summed E-state index contributed by atoms with van der Waals surface area (Å²) in [6, 6.07) is 0. The molecule has 0 rings (SSSR count). The van der Waals surface area contributed by atoms with Gasteiger partial charge >= 0.3 is 13.6 Å². The molecule has 0 aromatic rings. The van der Waals surface area contributed by atoms with Crippen LogP contribution in [0.15, 0.2) is 10.9 Å². The number of carbonyl (C=O) groups is 1. The number of methoxy groups -OCH3 is 1. The summed E-state index contributed by atoms with van der Waals surface area (Å²) >= 11 is 0. The first-order valence-corrected chi connectivity index (χ1v) is 6.43. The van der Waals surface area contributed by atoms with Crippen LogP contribution in [0.1, 0.15) is 27.7 Å². The third-order valence-electron chi connectivity index (χ3n) is 1.72. The largest absolute Gasteiger partial charge is 0.465 e. The Morgan fingerprint density at radius 3 is 1.94 bits per heavy atom. The molecule has 1 atom stereocenters. The van der Waals surface area contributed by atoms with Crippen LogP contribution in [0.4, 0.5) is 0 Å². The maximum absolute atomic E-state index is 12.3. The Morgan fingerprint density at radius 1 is 1.19 bits per heavy atom. The van der Waals surface area contributed by atoms with Gasteiger partial charge in [-0.25, -0.2) is 4.79 Å². The van der Waals surface area contributed by atoms with Gasteiger partial charge in [0.15, 0.2) is 0 Å². The topological polar surface area (TPSA) is 61.8 Å². The zero-order chi connectivity index (χ0) is 12.9. The Labute approximate surface area is 96.3 Å². The van der Waals surface area contributed by atoms with Crippen molar-refractivity contribution in [1.29, 1.82) is 0 Å². The summed E-state index contributed by atoms with van der Waals surface area (Å²) in [6.07, 6.45) is -0.315. The molecule has 0 spiro atoms. The molecule has 0 amide bonds. The number of ether oxygens (including phenoxy) is 1. The third-order valence-corrected chi connectivity index (χ3v) is 4.07. The van der Waals surface area contributed by atoms with Crippen molar-refractivity contribution in [1.82, 2.24) is 0 Å². The van der Waals surface area contributed by atoms with Crippen molar-refractivity contribution >= 4 is 13.6 Å². The average molecular weight is 250 g/mol. The van der Waals surface area contributed by atoms with Gasteiger partial charge in [0.05, 0.1) is 13.2 Å². The van der Waals surface area contributed by atoms with Crippen LogP contribution in [0.2, 0.25) is 0 Å². The van der Waals surface area contributed by atoms with Gasteiger partial charge in [-0.1, -0.05) is 5.57 Å². The Morgan fingerprint density at radius 2 is 1.69 bits per heavy atom. The van der Waals surface area contributed by atoms with E-state index >= 15 is 0 Å². The van der Waals surface area contributed by atoms with Gasteiger partial charge in [0.1, 0.15) is 5.31 Å². The van der Waals surface area contributed by atoms with E-state index in [0.29, 0.717) is 5.57 Å². The lowest BCUT2D eigenvalue weighted by molar-refractivity contribution is -0.135. The summed E-state index contributed by atoms with van der Waals surface area (Å²) in [5.41, 5.74) is 0.553. The smallest absolute Gasteiger partial charge is 0.368 e. The highest BCUT2D eigenvalue weighted by Crippen LogP contribution is 2.57. The van der Waals surface area contributed by atoms with Gasteiger partial charge in [0.2, 0.25) is 0 Å². The van der Waals surface area contributed by atoms with E-state index in [-0.39, 0.29) is 11.4 Å². The molecule has 0 saturated heterocycles. The lowest BCUT2D eigenvalue weighted by Gasteiger charge is -2.21. The van der Waals surface area contributed by atoms with Crippen molar-refractivity contribution in [2.45, 2.75) is 33.8 Å². The zero-order valence-corrected chi connectivity index (χ0v) is 11.5. The van der Waals surface area contributed by atoms with Crippen molar-refractivity contribution < 1.29 is 23.1 Å². The first-order valence-electron chi connectivity index (χ1n) is 4.89. The third kappa shape index (κ3) is 3.74. The molecule has 0 aliphatic heterocycles. The van der Waals surface area contributed by atoms with Crippen LogP contribution < -0.4 is 0 Å². The summed E-state index contributed by atoms with van der Waals surface area (Å²) in [5.74, 6) is -0.689. The molecule has 0 bridgehead atoms. The fourth-order valence-corrected chi connectivity index (χ4v) is 2.94. The van der Waals surface area contributed by atoms with Crippen molar-refractivity contribution in [3.63, 3.8) is 0 Å².